The number of rotatable bonds is 2. The third-order valence-corrected chi connectivity index (χ3v) is 3.46. The Labute approximate surface area is 97.3 Å². The van der Waals surface area contributed by atoms with Crippen molar-refractivity contribution in [2.45, 2.75) is 13.0 Å². The van der Waals surface area contributed by atoms with Crippen LogP contribution in [0.5, 0.6) is 5.75 Å². The molecular formula is C13H20N2O. The molecular weight excluding hydrogens is 200 g/mol. The molecule has 0 aliphatic carbocycles. The molecule has 16 heavy (non-hydrogen) atoms. The van der Waals surface area contributed by atoms with Gasteiger partial charge in [0.05, 0.1) is 0 Å². The molecule has 88 valence electrons. The second-order valence-corrected chi connectivity index (χ2v) is 4.61. The number of benzene rings is 1. The van der Waals surface area contributed by atoms with Gasteiger partial charge in [-0.1, -0.05) is 12.1 Å². The van der Waals surface area contributed by atoms with E-state index in [0.29, 0.717) is 11.8 Å². The Balaban J connectivity index is 2.01. The molecule has 3 nitrogen and oxygen atoms in total. The Morgan fingerprint density at radius 2 is 1.62 bits per heavy atom. The first-order valence-corrected chi connectivity index (χ1v) is 5.88. The molecule has 0 bridgehead atoms. The maximum atomic E-state index is 9.26. The number of nitrogens with zero attached hydrogens (tertiary/aromatic N) is 2. The second kappa shape index (κ2) is 4.85. The summed E-state index contributed by atoms with van der Waals surface area (Å²) in [6, 6.07) is 8.00. The molecule has 1 N–H and O–H groups in total. The van der Waals surface area contributed by atoms with Gasteiger partial charge in [-0.15, -0.1) is 0 Å². The molecule has 2 rings (SSSR count). The first kappa shape index (κ1) is 11.4. The Hall–Kier alpha value is -1.06. The predicted molar refractivity (Wildman–Crippen MR) is 65.6 cm³/mol. The highest BCUT2D eigenvalue weighted by Gasteiger charge is 2.19. The van der Waals surface area contributed by atoms with Crippen LogP contribution in [-0.2, 0) is 0 Å². The van der Waals surface area contributed by atoms with Gasteiger partial charge in [0.1, 0.15) is 5.75 Å². The van der Waals surface area contributed by atoms with Crippen LogP contribution in [0.25, 0.3) is 0 Å². The van der Waals surface area contributed by atoms with E-state index >= 15 is 0 Å². The summed E-state index contributed by atoms with van der Waals surface area (Å²) in [5, 5.41) is 9.26. The van der Waals surface area contributed by atoms with Crippen LogP contribution in [0, 0.1) is 0 Å². The highest BCUT2D eigenvalue weighted by Crippen LogP contribution is 2.22. The van der Waals surface area contributed by atoms with Gasteiger partial charge in [0, 0.05) is 32.2 Å². The minimum absolute atomic E-state index is 0.342. The number of hydrogen-bond donors (Lipinski definition) is 1. The first-order valence-electron chi connectivity index (χ1n) is 5.88. The topological polar surface area (TPSA) is 26.7 Å². The molecule has 1 aromatic rings. The molecule has 0 amide bonds. The third-order valence-electron chi connectivity index (χ3n) is 3.46. The summed E-state index contributed by atoms with van der Waals surface area (Å²) in [7, 11) is 2.17. The molecule has 0 spiro atoms. The lowest BCUT2D eigenvalue weighted by Crippen LogP contribution is -2.45. The van der Waals surface area contributed by atoms with Gasteiger partial charge in [-0.3, -0.25) is 4.90 Å². The van der Waals surface area contributed by atoms with Crippen LogP contribution in [0.15, 0.2) is 24.3 Å². The molecule has 0 aromatic heterocycles. The largest absolute Gasteiger partial charge is 0.508 e. The van der Waals surface area contributed by atoms with Gasteiger partial charge in [-0.25, -0.2) is 0 Å². The fourth-order valence-electron chi connectivity index (χ4n) is 2.17. The van der Waals surface area contributed by atoms with Crippen molar-refractivity contribution in [2.24, 2.45) is 0 Å². The van der Waals surface area contributed by atoms with Gasteiger partial charge >= 0.3 is 0 Å². The number of piperazine rings is 1. The van der Waals surface area contributed by atoms with E-state index in [9.17, 15) is 5.11 Å². The summed E-state index contributed by atoms with van der Waals surface area (Å²) in [6.45, 7) is 6.76. The average molecular weight is 220 g/mol. The Bertz CT molecular complexity index is 328. The highest BCUT2D eigenvalue weighted by molar-refractivity contribution is 5.27. The van der Waals surface area contributed by atoms with E-state index in [1.807, 2.05) is 12.1 Å². The minimum atomic E-state index is 0.342. The third kappa shape index (κ3) is 2.54. The van der Waals surface area contributed by atoms with E-state index in [4.69, 9.17) is 0 Å². The Kier molecular flexibility index (Phi) is 3.46. The summed E-state index contributed by atoms with van der Waals surface area (Å²) < 4.78 is 0. The number of phenolic OH excluding ortho intramolecular Hbond substituents is 1. The van der Waals surface area contributed by atoms with Crippen LogP contribution in [0.2, 0.25) is 0 Å². The Morgan fingerprint density at radius 3 is 2.19 bits per heavy atom. The summed E-state index contributed by atoms with van der Waals surface area (Å²) in [6.07, 6.45) is 0. The summed E-state index contributed by atoms with van der Waals surface area (Å²) >= 11 is 0. The van der Waals surface area contributed by atoms with Crippen LogP contribution in [0.3, 0.4) is 0 Å². The molecule has 1 aromatic carbocycles. The zero-order valence-corrected chi connectivity index (χ0v) is 10.1. The van der Waals surface area contributed by atoms with Crippen molar-refractivity contribution < 1.29 is 5.11 Å². The predicted octanol–water partition coefficient (Wildman–Crippen LogP) is 1.70. The second-order valence-electron chi connectivity index (χ2n) is 4.61. The average Bonchev–Trinajstić information content (AvgIpc) is 2.30. The first-order chi connectivity index (χ1) is 7.66. The van der Waals surface area contributed by atoms with E-state index in [-0.39, 0.29) is 0 Å². The molecule has 0 saturated carbocycles. The quantitative estimate of drug-likeness (QED) is 0.822. The van der Waals surface area contributed by atoms with E-state index in [2.05, 4.69) is 23.8 Å². The van der Waals surface area contributed by atoms with E-state index in [0.717, 1.165) is 26.2 Å². The number of hydrogen-bond acceptors (Lipinski definition) is 3. The summed E-state index contributed by atoms with van der Waals surface area (Å²) in [5.41, 5.74) is 1.28. The minimum Gasteiger partial charge on any atom is -0.508 e. The maximum Gasteiger partial charge on any atom is 0.115 e. The van der Waals surface area contributed by atoms with Crippen LogP contribution in [0.4, 0.5) is 0 Å². The van der Waals surface area contributed by atoms with Gasteiger partial charge in [-0.2, -0.15) is 0 Å². The van der Waals surface area contributed by atoms with E-state index < -0.39 is 0 Å². The van der Waals surface area contributed by atoms with Crippen LogP contribution < -0.4 is 0 Å². The van der Waals surface area contributed by atoms with Crippen molar-refractivity contribution >= 4 is 0 Å². The molecule has 1 atom stereocenters. The molecule has 1 fully saturated rings. The van der Waals surface area contributed by atoms with Gasteiger partial charge in [-0.05, 0) is 31.7 Å². The van der Waals surface area contributed by atoms with Crippen molar-refractivity contribution in [1.29, 1.82) is 0 Å². The van der Waals surface area contributed by atoms with Crippen molar-refractivity contribution in [3.05, 3.63) is 29.8 Å². The van der Waals surface area contributed by atoms with Gasteiger partial charge in [0.15, 0.2) is 0 Å². The van der Waals surface area contributed by atoms with Crippen LogP contribution >= 0.6 is 0 Å². The molecule has 0 radical (unpaired) electrons. The van der Waals surface area contributed by atoms with Crippen LogP contribution in [0.1, 0.15) is 18.5 Å². The van der Waals surface area contributed by atoms with Crippen molar-refractivity contribution in [3.8, 4) is 5.75 Å². The van der Waals surface area contributed by atoms with E-state index in [1.165, 1.54) is 5.56 Å². The normalized spacial score (nSPS) is 20.9. The van der Waals surface area contributed by atoms with Gasteiger partial charge < -0.3 is 10.0 Å². The summed E-state index contributed by atoms with van der Waals surface area (Å²) in [5.74, 6) is 0.342. The molecule has 1 aliphatic rings. The smallest absolute Gasteiger partial charge is 0.115 e. The maximum absolute atomic E-state index is 9.26. The lowest BCUT2D eigenvalue weighted by atomic mass is 10.1. The zero-order chi connectivity index (χ0) is 11.5. The fraction of sp³-hybridized carbons (Fsp3) is 0.538. The molecule has 1 unspecified atom stereocenters. The number of likely N-dealkylation sites (N-methyl/N-ethyl adjacent to an activating group) is 1. The zero-order valence-electron chi connectivity index (χ0n) is 10.1. The lowest BCUT2D eigenvalue weighted by molar-refractivity contribution is 0.119. The van der Waals surface area contributed by atoms with Crippen molar-refractivity contribution in [3.63, 3.8) is 0 Å². The van der Waals surface area contributed by atoms with Gasteiger partial charge in [0.2, 0.25) is 0 Å². The Morgan fingerprint density at radius 1 is 1.06 bits per heavy atom. The molecule has 3 heteroatoms. The fourth-order valence-corrected chi connectivity index (χ4v) is 2.17. The van der Waals surface area contributed by atoms with Crippen molar-refractivity contribution in [1.82, 2.24) is 9.80 Å². The van der Waals surface area contributed by atoms with Gasteiger partial charge in [0.25, 0.3) is 0 Å². The van der Waals surface area contributed by atoms with Crippen molar-refractivity contribution in [2.75, 3.05) is 33.2 Å². The summed E-state index contributed by atoms with van der Waals surface area (Å²) in [4.78, 5) is 4.85. The molecule has 1 aliphatic heterocycles. The molecule has 1 heterocycles. The number of aromatic hydroxyl groups is 1. The lowest BCUT2D eigenvalue weighted by Gasteiger charge is -2.36. The van der Waals surface area contributed by atoms with E-state index in [1.54, 1.807) is 12.1 Å². The SMILES string of the molecule is CC(c1ccc(O)cc1)N1CCN(C)CC1. The number of phenols is 1. The van der Waals surface area contributed by atoms with Crippen LogP contribution in [-0.4, -0.2) is 48.1 Å². The molecule has 1 saturated heterocycles. The highest BCUT2D eigenvalue weighted by atomic mass is 16.3. The standard InChI is InChI=1S/C13H20N2O/c1-11(12-3-5-13(16)6-4-12)15-9-7-14(2)8-10-15/h3-6,11,16H,7-10H2,1-2H3. The monoisotopic (exact) mass is 220 g/mol.